The molecule has 1 saturated heterocycles. The minimum Gasteiger partial charge on any atom is -0.372 e. The highest BCUT2D eigenvalue weighted by Crippen LogP contribution is 2.28. The van der Waals surface area contributed by atoms with E-state index in [2.05, 4.69) is 29.5 Å². The number of hydrazine groups is 1. The van der Waals surface area contributed by atoms with E-state index in [1.165, 1.54) is 29.2 Å². The average molecular weight is 495 g/mol. The molecule has 0 radical (unpaired) electrons. The Kier molecular flexibility index (Phi) is 7.25. The number of carbonyl (C=O) groups excluding carboxylic acids is 3. The van der Waals surface area contributed by atoms with Gasteiger partial charge in [0, 0.05) is 37.7 Å². The van der Waals surface area contributed by atoms with Crippen molar-refractivity contribution in [3.63, 3.8) is 0 Å². The van der Waals surface area contributed by atoms with Crippen LogP contribution in [0, 0.1) is 12.7 Å². The first-order valence-electron chi connectivity index (χ1n) is 11.9. The smallest absolute Gasteiger partial charge is 0.331 e. The van der Waals surface area contributed by atoms with Gasteiger partial charge in [0.05, 0.1) is 12.2 Å². The van der Waals surface area contributed by atoms with Gasteiger partial charge >= 0.3 is 6.03 Å². The van der Waals surface area contributed by atoms with Crippen molar-refractivity contribution in [2.75, 3.05) is 36.9 Å². The molecule has 4 amide bonds. The van der Waals surface area contributed by atoms with Gasteiger partial charge in [-0.05, 0) is 62.2 Å². The number of aryl methyl sites for hydroxylation is 1. The van der Waals surface area contributed by atoms with Gasteiger partial charge in [-0.3, -0.25) is 19.4 Å². The molecule has 2 aliphatic rings. The van der Waals surface area contributed by atoms with Crippen LogP contribution in [0.2, 0.25) is 0 Å². The van der Waals surface area contributed by atoms with E-state index in [0.29, 0.717) is 16.9 Å². The zero-order chi connectivity index (χ0) is 26.0. The quantitative estimate of drug-likeness (QED) is 0.587. The maximum Gasteiger partial charge on any atom is 0.331 e. The number of fused-ring (bicyclic) bond motifs is 1. The summed E-state index contributed by atoms with van der Waals surface area (Å²) in [4.78, 5) is 44.1. The van der Waals surface area contributed by atoms with Gasteiger partial charge in [-0.2, -0.15) is 0 Å². The van der Waals surface area contributed by atoms with Gasteiger partial charge in [-0.1, -0.05) is 12.1 Å². The number of halogens is 1. The van der Waals surface area contributed by atoms with Crippen LogP contribution in [0.5, 0.6) is 0 Å². The van der Waals surface area contributed by atoms with Crippen molar-refractivity contribution in [1.82, 2.24) is 20.2 Å². The fourth-order valence-electron chi connectivity index (χ4n) is 4.48. The Balaban J connectivity index is 1.52. The highest BCUT2D eigenvalue weighted by molar-refractivity contribution is 6.05. The van der Waals surface area contributed by atoms with E-state index in [4.69, 9.17) is 0 Å². The predicted molar refractivity (Wildman–Crippen MR) is 135 cm³/mol. The molecular formula is C26H31FN6O3. The average Bonchev–Trinajstić information content (AvgIpc) is 3.25. The van der Waals surface area contributed by atoms with Gasteiger partial charge in [0.25, 0.3) is 5.91 Å². The zero-order valence-electron chi connectivity index (χ0n) is 20.9. The third-order valence-corrected chi connectivity index (χ3v) is 6.41. The molecule has 9 nitrogen and oxygen atoms in total. The standard InChI is InChI=1S/C26H31FN6O3/c1-5-31(6-2)20-11-12-21(17(3)13-20)28-23(34)16-32-22-15-30(4)29-24(22)25(35)33(26(32)36)14-18-7-9-19(27)10-8-18/h7-13,15,24,29H,5-6,14,16H2,1-4H3,(H,28,34). The van der Waals surface area contributed by atoms with Crippen LogP contribution < -0.4 is 15.6 Å². The molecule has 2 aliphatic heterocycles. The van der Waals surface area contributed by atoms with Crippen molar-refractivity contribution in [2.24, 2.45) is 0 Å². The van der Waals surface area contributed by atoms with E-state index >= 15 is 0 Å². The molecule has 2 aromatic rings. The number of hydrogen-bond donors (Lipinski definition) is 2. The van der Waals surface area contributed by atoms with Crippen LogP contribution in [-0.4, -0.2) is 65.4 Å². The number of hydrogen-bond acceptors (Lipinski definition) is 6. The van der Waals surface area contributed by atoms with E-state index < -0.39 is 23.8 Å². The Labute approximate surface area is 210 Å². The predicted octanol–water partition coefficient (Wildman–Crippen LogP) is 3.04. The molecular weight excluding hydrogens is 463 g/mol. The van der Waals surface area contributed by atoms with Crippen molar-refractivity contribution >= 4 is 29.2 Å². The number of rotatable bonds is 8. The maximum atomic E-state index is 13.4. The number of nitrogens with one attached hydrogen (secondary N) is 2. The van der Waals surface area contributed by atoms with Gasteiger partial charge in [0.1, 0.15) is 18.4 Å². The van der Waals surface area contributed by atoms with E-state index in [1.807, 2.05) is 25.1 Å². The van der Waals surface area contributed by atoms with Crippen LogP contribution in [-0.2, 0) is 16.1 Å². The summed E-state index contributed by atoms with van der Waals surface area (Å²) < 4.78 is 13.3. The number of benzene rings is 2. The summed E-state index contributed by atoms with van der Waals surface area (Å²) in [6.07, 6.45) is 1.63. The monoisotopic (exact) mass is 494 g/mol. The summed E-state index contributed by atoms with van der Waals surface area (Å²) in [5, 5.41) is 4.49. The summed E-state index contributed by atoms with van der Waals surface area (Å²) in [7, 11) is 1.71. The first-order valence-corrected chi connectivity index (χ1v) is 11.9. The Hall–Kier alpha value is -3.92. The largest absolute Gasteiger partial charge is 0.372 e. The first kappa shape index (κ1) is 25.2. The van der Waals surface area contributed by atoms with Crippen molar-refractivity contribution in [3.8, 4) is 0 Å². The molecule has 0 saturated carbocycles. The number of carbonyl (C=O) groups is 3. The van der Waals surface area contributed by atoms with Gasteiger partial charge in [0.2, 0.25) is 5.91 Å². The van der Waals surface area contributed by atoms with Crippen LogP contribution in [0.3, 0.4) is 0 Å². The molecule has 0 aromatic heterocycles. The van der Waals surface area contributed by atoms with Gasteiger partial charge in [-0.25, -0.2) is 14.6 Å². The van der Waals surface area contributed by atoms with Gasteiger partial charge in [0.15, 0.2) is 0 Å². The van der Waals surface area contributed by atoms with Crippen molar-refractivity contribution in [3.05, 3.63) is 71.3 Å². The van der Waals surface area contributed by atoms with Crippen LogP contribution in [0.15, 0.2) is 54.4 Å². The fourth-order valence-corrected chi connectivity index (χ4v) is 4.48. The third-order valence-electron chi connectivity index (χ3n) is 6.41. The lowest BCUT2D eigenvalue weighted by molar-refractivity contribution is -0.133. The summed E-state index contributed by atoms with van der Waals surface area (Å²) in [6, 6.07) is 10.0. The number of amides is 4. The second kappa shape index (κ2) is 10.4. The minimum absolute atomic E-state index is 0.0306. The molecule has 0 spiro atoms. The Morgan fingerprint density at radius 3 is 2.42 bits per heavy atom. The Morgan fingerprint density at radius 1 is 1.08 bits per heavy atom. The second-order valence-corrected chi connectivity index (χ2v) is 8.87. The third kappa shape index (κ3) is 5.03. The molecule has 1 atom stereocenters. The second-order valence-electron chi connectivity index (χ2n) is 8.87. The van der Waals surface area contributed by atoms with E-state index in [9.17, 15) is 18.8 Å². The molecule has 4 rings (SSSR count). The van der Waals surface area contributed by atoms with Crippen LogP contribution in [0.25, 0.3) is 0 Å². The van der Waals surface area contributed by atoms with E-state index in [0.717, 1.165) is 29.2 Å². The molecule has 0 bridgehead atoms. The van der Waals surface area contributed by atoms with E-state index in [-0.39, 0.29) is 19.0 Å². The normalized spacial score (nSPS) is 17.3. The molecule has 0 aliphatic carbocycles. The van der Waals surface area contributed by atoms with E-state index in [1.54, 1.807) is 18.3 Å². The summed E-state index contributed by atoms with van der Waals surface area (Å²) in [5.41, 5.74) is 6.65. The molecule has 36 heavy (non-hydrogen) atoms. The number of anilines is 2. The maximum absolute atomic E-state index is 13.4. The molecule has 10 heteroatoms. The zero-order valence-corrected chi connectivity index (χ0v) is 20.9. The molecule has 2 heterocycles. The highest BCUT2D eigenvalue weighted by Gasteiger charge is 2.46. The van der Waals surface area contributed by atoms with Crippen LogP contribution in [0.1, 0.15) is 25.0 Å². The van der Waals surface area contributed by atoms with Crippen LogP contribution in [0.4, 0.5) is 20.6 Å². The molecule has 190 valence electrons. The number of nitrogens with zero attached hydrogens (tertiary/aromatic N) is 4. The van der Waals surface area contributed by atoms with Crippen molar-refractivity contribution in [1.29, 1.82) is 0 Å². The number of urea groups is 1. The molecule has 2 aromatic carbocycles. The fraction of sp³-hybridized carbons (Fsp3) is 0.346. The Bertz CT molecular complexity index is 1190. The summed E-state index contributed by atoms with van der Waals surface area (Å²) in [6.45, 7) is 7.57. The molecule has 2 N–H and O–H groups in total. The highest BCUT2D eigenvalue weighted by atomic mass is 19.1. The SMILES string of the molecule is CCN(CC)c1ccc(NC(=O)CN2C(=O)N(Cc3ccc(F)cc3)C(=O)C3NN(C)C=C32)c(C)c1. The minimum atomic E-state index is -0.795. The number of imide groups is 1. The summed E-state index contributed by atoms with van der Waals surface area (Å²) in [5.74, 6) is -1.22. The van der Waals surface area contributed by atoms with Gasteiger partial charge < -0.3 is 15.2 Å². The van der Waals surface area contributed by atoms with Gasteiger partial charge in [-0.15, -0.1) is 0 Å². The Morgan fingerprint density at radius 2 is 1.78 bits per heavy atom. The van der Waals surface area contributed by atoms with Crippen molar-refractivity contribution < 1.29 is 18.8 Å². The summed E-state index contributed by atoms with van der Waals surface area (Å²) >= 11 is 0. The lowest BCUT2D eigenvalue weighted by Gasteiger charge is -2.37. The topological polar surface area (TPSA) is 88.2 Å². The lowest BCUT2D eigenvalue weighted by Crippen LogP contribution is -2.60. The van der Waals surface area contributed by atoms with Crippen LogP contribution >= 0.6 is 0 Å². The molecule has 1 fully saturated rings. The molecule has 1 unspecified atom stereocenters. The first-order chi connectivity index (χ1) is 17.2. The lowest BCUT2D eigenvalue weighted by atomic mass is 10.1. The van der Waals surface area contributed by atoms with Crippen molar-refractivity contribution in [2.45, 2.75) is 33.4 Å².